The van der Waals surface area contributed by atoms with Crippen molar-refractivity contribution in [3.63, 3.8) is 0 Å². The van der Waals surface area contributed by atoms with Crippen molar-refractivity contribution in [2.75, 3.05) is 56.0 Å². The van der Waals surface area contributed by atoms with Crippen molar-refractivity contribution in [2.24, 2.45) is 0 Å². The van der Waals surface area contributed by atoms with E-state index >= 15 is 0 Å². The fourth-order valence-electron chi connectivity index (χ4n) is 4.39. The lowest BCUT2D eigenvalue weighted by Crippen LogP contribution is -2.48. The third-order valence-corrected chi connectivity index (χ3v) is 6.52. The smallest absolute Gasteiger partial charge is 0.367 e. The van der Waals surface area contributed by atoms with Crippen molar-refractivity contribution in [1.29, 1.82) is 0 Å². The highest BCUT2D eigenvalue weighted by Crippen LogP contribution is 2.29. The molecule has 192 valence electrons. The summed E-state index contributed by atoms with van der Waals surface area (Å²) in [5.74, 6) is 1.59. The van der Waals surface area contributed by atoms with E-state index in [1.165, 1.54) is 6.07 Å². The molecule has 0 aliphatic carbocycles. The molecule has 1 amide bonds. The Morgan fingerprint density at radius 2 is 1.71 bits per heavy atom. The Kier molecular flexibility index (Phi) is 8.93. The van der Waals surface area contributed by atoms with Gasteiger partial charge in [-0.05, 0) is 43.5 Å². The molecule has 4 rings (SSSR count). The molecule has 2 fully saturated rings. The molecule has 35 heavy (non-hydrogen) atoms. The molecule has 0 unspecified atom stereocenters. The van der Waals surface area contributed by atoms with E-state index in [-0.39, 0.29) is 19.4 Å². The van der Waals surface area contributed by atoms with Gasteiger partial charge < -0.3 is 15.1 Å². The van der Waals surface area contributed by atoms with Crippen molar-refractivity contribution in [3.05, 3.63) is 47.8 Å². The summed E-state index contributed by atoms with van der Waals surface area (Å²) in [5, 5.41) is 3.19. The first-order valence-corrected chi connectivity index (χ1v) is 11.8. The van der Waals surface area contributed by atoms with Crippen molar-refractivity contribution < 1.29 is 18.0 Å². The summed E-state index contributed by atoms with van der Waals surface area (Å²) in [5.41, 5.74) is 0.392. The summed E-state index contributed by atoms with van der Waals surface area (Å²) < 4.78 is 38.0. The fraction of sp³-hybridized carbons (Fsp3) is 0.560. The number of alkyl halides is 3. The van der Waals surface area contributed by atoms with E-state index in [1.807, 2.05) is 18.0 Å². The molecule has 0 spiro atoms. The summed E-state index contributed by atoms with van der Waals surface area (Å²) in [6.45, 7) is 7.69. The lowest BCUT2D eigenvalue weighted by molar-refractivity contribution is -0.137. The topological polar surface area (TPSA) is 64.6 Å². The Bertz CT molecular complexity index is 935. The van der Waals surface area contributed by atoms with E-state index in [4.69, 9.17) is 0 Å². The number of carbonyl (C=O) groups excluding carboxylic acids is 1. The average molecular weight is 493 g/mol. The summed E-state index contributed by atoms with van der Waals surface area (Å²) in [6.07, 6.45) is 0.342. The minimum atomic E-state index is -4.39. The number of nitrogens with zero attached hydrogens (tertiary/aromatic N) is 5. The minimum Gasteiger partial charge on any atom is -0.367 e. The van der Waals surface area contributed by atoms with Crippen LogP contribution in [0.3, 0.4) is 0 Å². The number of likely N-dealkylation sites (tertiary alicyclic amines) is 1. The van der Waals surface area contributed by atoms with E-state index in [0.29, 0.717) is 25.3 Å². The highest BCUT2D eigenvalue weighted by Gasteiger charge is 2.31. The number of anilines is 2. The van der Waals surface area contributed by atoms with Gasteiger partial charge in [0, 0.05) is 70.7 Å². The zero-order chi connectivity index (χ0) is 24.1. The maximum atomic E-state index is 12.7. The molecule has 0 atom stereocenters. The van der Waals surface area contributed by atoms with Gasteiger partial charge >= 0.3 is 6.18 Å². The summed E-state index contributed by atoms with van der Waals surface area (Å²) in [7, 11) is 0. The summed E-state index contributed by atoms with van der Waals surface area (Å²) in [6, 6.07) is 6.61. The number of amides is 1. The van der Waals surface area contributed by atoms with Gasteiger partial charge in [-0.2, -0.15) is 13.2 Å². The van der Waals surface area contributed by atoms with Crippen molar-refractivity contribution in [1.82, 2.24) is 19.8 Å². The molecule has 0 saturated carbocycles. The molecule has 0 bridgehead atoms. The quantitative estimate of drug-likeness (QED) is 0.656. The lowest BCUT2D eigenvalue weighted by atomic mass is 10.0. The number of rotatable bonds is 6. The maximum Gasteiger partial charge on any atom is 0.417 e. The summed E-state index contributed by atoms with van der Waals surface area (Å²) >= 11 is 0. The molecule has 0 radical (unpaired) electrons. The van der Waals surface area contributed by atoms with E-state index in [9.17, 15) is 18.0 Å². The number of carbonyl (C=O) groups is 1. The third-order valence-electron chi connectivity index (χ3n) is 6.52. The molecule has 2 aromatic rings. The molecular formula is C25H35F3N6O. The first kappa shape index (κ1) is 26.7. The Morgan fingerprint density at radius 1 is 1.00 bits per heavy atom. The highest BCUT2D eigenvalue weighted by molar-refractivity contribution is 5.76. The number of hydrogen-bond donors (Lipinski definition) is 1. The lowest BCUT2D eigenvalue weighted by Gasteiger charge is -2.36. The van der Waals surface area contributed by atoms with Gasteiger partial charge in [0.05, 0.1) is 5.56 Å². The van der Waals surface area contributed by atoms with Crippen LogP contribution in [-0.2, 0) is 11.0 Å². The number of pyridine rings is 2. The predicted octanol–water partition coefficient (Wildman–Crippen LogP) is 4.06. The first-order valence-electron chi connectivity index (χ1n) is 11.8. The number of halogens is 3. The Hall–Kier alpha value is -2.88. The number of aryl methyl sites for hydroxylation is 1. The Morgan fingerprint density at radius 3 is 2.29 bits per heavy atom. The van der Waals surface area contributed by atoms with Crippen LogP contribution in [0.5, 0.6) is 0 Å². The largest absolute Gasteiger partial charge is 0.417 e. The van der Waals surface area contributed by atoms with Crippen molar-refractivity contribution in [3.8, 4) is 0 Å². The van der Waals surface area contributed by atoms with Gasteiger partial charge in [0.15, 0.2) is 0 Å². The van der Waals surface area contributed by atoms with E-state index in [1.54, 1.807) is 0 Å². The number of piperazine rings is 1. The number of nitrogens with one attached hydrogen (secondary N) is 1. The highest BCUT2D eigenvalue weighted by atomic mass is 19.4. The van der Waals surface area contributed by atoms with Gasteiger partial charge in [0.2, 0.25) is 5.91 Å². The van der Waals surface area contributed by atoms with Crippen LogP contribution >= 0.6 is 0 Å². The van der Waals surface area contributed by atoms with Crippen LogP contribution in [0.15, 0.2) is 36.7 Å². The van der Waals surface area contributed by atoms with Crippen LogP contribution in [0.25, 0.3) is 0 Å². The van der Waals surface area contributed by atoms with Gasteiger partial charge in [0.25, 0.3) is 0 Å². The SMILES string of the molecule is C.Cc1ccc(N2CCN(CCC(=O)N3CCC(Nc4ccc(C(F)(F)F)cn4)CC3)CC2)nc1. The second-order valence-electron chi connectivity index (χ2n) is 9.00. The van der Waals surface area contributed by atoms with Gasteiger partial charge in [-0.1, -0.05) is 13.5 Å². The molecule has 10 heteroatoms. The third kappa shape index (κ3) is 7.30. The zero-order valence-electron chi connectivity index (χ0n) is 19.4. The Labute approximate surface area is 205 Å². The van der Waals surface area contributed by atoms with Gasteiger partial charge in [0.1, 0.15) is 11.6 Å². The van der Waals surface area contributed by atoms with Crippen LogP contribution in [0, 0.1) is 6.92 Å². The van der Waals surface area contributed by atoms with Crippen LogP contribution in [0.1, 0.15) is 37.8 Å². The van der Waals surface area contributed by atoms with E-state index < -0.39 is 11.7 Å². The van der Waals surface area contributed by atoms with Crippen molar-refractivity contribution >= 4 is 17.5 Å². The molecule has 2 aliphatic heterocycles. The Balaban J connectivity index is 0.00000342. The van der Waals surface area contributed by atoms with E-state index in [2.05, 4.69) is 37.2 Å². The molecule has 2 aliphatic rings. The van der Waals surface area contributed by atoms with Crippen molar-refractivity contribution in [2.45, 2.75) is 45.8 Å². The second kappa shape index (κ2) is 11.7. The number of hydrogen-bond acceptors (Lipinski definition) is 6. The zero-order valence-corrected chi connectivity index (χ0v) is 19.4. The van der Waals surface area contributed by atoms with Crippen LogP contribution in [-0.4, -0.2) is 77.5 Å². The first-order chi connectivity index (χ1) is 16.3. The normalized spacial score (nSPS) is 17.7. The fourth-order valence-corrected chi connectivity index (χ4v) is 4.39. The van der Waals surface area contributed by atoms with Crippen LogP contribution in [0.4, 0.5) is 24.8 Å². The van der Waals surface area contributed by atoms with Gasteiger partial charge in [-0.3, -0.25) is 9.69 Å². The molecule has 1 N–H and O–H groups in total. The second-order valence-corrected chi connectivity index (χ2v) is 9.00. The predicted molar refractivity (Wildman–Crippen MR) is 131 cm³/mol. The van der Waals surface area contributed by atoms with Crippen LogP contribution in [0.2, 0.25) is 0 Å². The summed E-state index contributed by atoms with van der Waals surface area (Å²) in [4.78, 5) is 27.6. The standard InChI is InChI=1S/C24H31F3N6O.CH4/c1-18-2-5-22(29-16-18)32-14-12-31(13-15-32)9-8-23(34)33-10-6-20(7-11-33)30-21-4-3-19(17-28-21)24(25,26)27;/h2-5,16-17,20H,6-15H2,1H3,(H,28,30);1H4. The number of aromatic nitrogens is 2. The molecule has 4 heterocycles. The maximum absolute atomic E-state index is 12.7. The van der Waals surface area contributed by atoms with Gasteiger partial charge in [-0.15, -0.1) is 0 Å². The van der Waals surface area contributed by atoms with Gasteiger partial charge in [-0.25, -0.2) is 9.97 Å². The molecule has 7 nitrogen and oxygen atoms in total. The average Bonchev–Trinajstić information content (AvgIpc) is 2.84. The molecule has 2 saturated heterocycles. The monoisotopic (exact) mass is 492 g/mol. The molecule has 2 aromatic heterocycles. The number of piperidine rings is 1. The van der Waals surface area contributed by atoms with E-state index in [0.717, 1.165) is 69.2 Å². The van der Waals surface area contributed by atoms with Crippen LogP contribution < -0.4 is 10.2 Å². The molecule has 0 aromatic carbocycles. The minimum absolute atomic E-state index is 0. The molecular weight excluding hydrogens is 457 g/mol.